The molecule has 3 aromatic rings. The number of likely N-dealkylation sites (tertiary alicyclic amines) is 1. The van der Waals surface area contributed by atoms with E-state index in [-0.39, 0.29) is 0 Å². The van der Waals surface area contributed by atoms with Crippen LogP contribution >= 0.6 is 11.3 Å². The normalized spacial score (nSPS) is 14.0. The Bertz CT molecular complexity index is 966. The van der Waals surface area contributed by atoms with E-state index in [9.17, 15) is 13.2 Å². The first-order valence-electron chi connectivity index (χ1n) is 8.51. The number of hydrogen-bond acceptors (Lipinski definition) is 4. The van der Waals surface area contributed by atoms with Gasteiger partial charge < -0.3 is 15.2 Å². The molecule has 1 aliphatic heterocycles. The van der Waals surface area contributed by atoms with Crippen molar-refractivity contribution in [1.29, 1.82) is 0 Å². The summed E-state index contributed by atoms with van der Waals surface area (Å²) in [5.74, 6) is -2.97. The molecule has 0 spiro atoms. The number of aromatic amines is 1. The largest absolute Gasteiger partial charge is 0.370 e. The van der Waals surface area contributed by atoms with Crippen molar-refractivity contribution in [2.45, 2.75) is 12.8 Å². The summed E-state index contributed by atoms with van der Waals surface area (Å²) in [6.45, 7) is 6.17. The smallest absolute Gasteiger partial charge is 0.187 e. The van der Waals surface area contributed by atoms with E-state index in [4.69, 9.17) is 0 Å². The number of rotatable bonds is 5. The fourth-order valence-corrected chi connectivity index (χ4v) is 3.82. The van der Waals surface area contributed by atoms with E-state index in [2.05, 4.69) is 26.8 Å². The summed E-state index contributed by atoms with van der Waals surface area (Å²) in [5, 5.41) is 4.69. The monoisotopic (exact) mass is 390 g/mol. The lowest BCUT2D eigenvalue weighted by Gasteiger charge is -2.18. The Morgan fingerprint density at radius 3 is 2.56 bits per heavy atom. The average molecular weight is 390 g/mol. The number of benzene rings is 1. The third-order valence-corrected chi connectivity index (χ3v) is 5.28. The quantitative estimate of drug-likeness (QED) is 0.616. The highest BCUT2D eigenvalue weighted by Gasteiger charge is 2.17. The summed E-state index contributed by atoms with van der Waals surface area (Å²) in [4.78, 5) is 9.81. The molecule has 1 aromatic carbocycles. The summed E-state index contributed by atoms with van der Waals surface area (Å²) < 4.78 is 40.6. The van der Waals surface area contributed by atoms with Crippen molar-refractivity contribution in [3.8, 4) is 11.3 Å². The van der Waals surface area contributed by atoms with E-state index in [0.717, 1.165) is 30.0 Å². The second-order valence-electron chi connectivity index (χ2n) is 6.35. The van der Waals surface area contributed by atoms with Gasteiger partial charge in [-0.2, -0.15) is 0 Å². The SMILES string of the molecule is C=C(c1cc(-c2csc(Nc3c(F)cc(F)cc3F)n2)c[nH]1)N1CCCC1. The van der Waals surface area contributed by atoms with Crippen LogP contribution < -0.4 is 5.32 Å². The van der Waals surface area contributed by atoms with E-state index in [1.807, 2.05) is 12.3 Å². The molecule has 0 radical (unpaired) electrons. The van der Waals surface area contributed by atoms with Gasteiger partial charge >= 0.3 is 0 Å². The van der Waals surface area contributed by atoms with Crippen molar-refractivity contribution in [1.82, 2.24) is 14.9 Å². The fourth-order valence-electron chi connectivity index (χ4n) is 3.10. The zero-order chi connectivity index (χ0) is 19.0. The molecule has 4 rings (SSSR count). The first-order chi connectivity index (χ1) is 13.0. The first-order valence-corrected chi connectivity index (χ1v) is 9.39. The molecule has 1 saturated heterocycles. The highest BCUT2D eigenvalue weighted by atomic mass is 32.1. The molecule has 3 heterocycles. The van der Waals surface area contributed by atoms with Crippen molar-refractivity contribution in [3.05, 3.63) is 59.5 Å². The number of halogens is 3. The minimum absolute atomic E-state index is 0.315. The molecule has 8 heteroatoms. The minimum atomic E-state index is -1.00. The molecule has 4 nitrogen and oxygen atoms in total. The lowest BCUT2D eigenvalue weighted by atomic mass is 10.2. The molecule has 1 fully saturated rings. The number of nitrogens with one attached hydrogen (secondary N) is 2. The van der Waals surface area contributed by atoms with E-state index < -0.39 is 23.1 Å². The molecule has 2 N–H and O–H groups in total. The van der Waals surface area contributed by atoms with Crippen LogP contribution in [0.2, 0.25) is 0 Å². The van der Waals surface area contributed by atoms with E-state index in [1.165, 1.54) is 24.2 Å². The molecular formula is C19H17F3N4S. The zero-order valence-electron chi connectivity index (χ0n) is 14.4. The van der Waals surface area contributed by atoms with Gasteiger partial charge in [0.05, 0.1) is 17.1 Å². The van der Waals surface area contributed by atoms with Gasteiger partial charge in [0.1, 0.15) is 11.5 Å². The fraction of sp³-hybridized carbons (Fsp3) is 0.211. The maximum Gasteiger partial charge on any atom is 0.187 e. The summed E-state index contributed by atoms with van der Waals surface area (Å²) in [5.41, 5.74) is 2.97. The predicted molar refractivity (Wildman–Crippen MR) is 101 cm³/mol. The second kappa shape index (κ2) is 7.11. The van der Waals surface area contributed by atoms with Crippen molar-refractivity contribution in [2.75, 3.05) is 18.4 Å². The standard InChI is InChI=1S/C19H17F3N4S/c1-11(26-4-2-3-5-26)16-6-12(9-23-16)17-10-27-19(24-17)25-18-14(21)7-13(20)8-15(18)22/h6-10,23H,1-5H2,(H,24,25). The Morgan fingerprint density at radius 1 is 1.15 bits per heavy atom. The Morgan fingerprint density at radius 2 is 1.85 bits per heavy atom. The molecule has 0 amide bonds. The third kappa shape index (κ3) is 3.57. The summed E-state index contributed by atoms with van der Waals surface area (Å²) in [6.07, 6.45) is 4.17. The van der Waals surface area contributed by atoms with Gasteiger partial charge in [-0.15, -0.1) is 11.3 Å². The number of H-pyrrole nitrogens is 1. The Kier molecular flexibility index (Phi) is 4.65. The van der Waals surface area contributed by atoms with Gasteiger partial charge in [-0.1, -0.05) is 6.58 Å². The maximum atomic E-state index is 13.8. The molecule has 0 atom stereocenters. The van der Waals surface area contributed by atoms with E-state index >= 15 is 0 Å². The van der Waals surface area contributed by atoms with E-state index in [0.29, 0.717) is 23.0 Å². The van der Waals surface area contributed by atoms with Crippen LogP contribution in [0.5, 0.6) is 0 Å². The van der Waals surface area contributed by atoms with Crippen LogP contribution in [0.3, 0.4) is 0 Å². The minimum Gasteiger partial charge on any atom is -0.370 e. The van der Waals surface area contributed by atoms with Gasteiger partial charge in [-0.25, -0.2) is 18.2 Å². The Hall–Kier alpha value is -2.74. The lowest BCUT2D eigenvalue weighted by molar-refractivity contribution is 0.492. The van der Waals surface area contributed by atoms with Crippen LogP contribution in [0.4, 0.5) is 24.0 Å². The lowest BCUT2D eigenvalue weighted by Crippen LogP contribution is -2.16. The molecule has 0 bridgehead atoms. The van der Waals surface area contributed by atoms with E-state index in [1.54, 1.807) is 5.38 Å². The molecule has 0 aliphatic carbocycles. The molecule has 140 valence electrons. The van der Waals surface area contributed by atoms with Crippen LogP contribution in [-0.2, 0) is 0 Å². The predicted octanol–water partition coefficient (Wildman–Crippen LogP) is 5.37. The van der Waals surface area contributed by atoms with Gasteiger partial charge in [-0.3, -0.25) is 0 Å². The molecule has 0 unspecified atom stereocenters. The van der Waals surface area contributed by atoms with Gasteiger partial charge in [0.15, 0.2) is 16.8 Å². The number of thiazole rings is 1. The zero-order valence-corrected chi connectivity index (χ0v) is 15.2. The first kappa shape index (κ1) is 17.7. The van der Waals surface area contributed by atoms with Gasteiger partial charge in [0, 0.05) is 42.4 Å². The van der Waals surface area contributed by atoms with Crippen LogP contribution in [0.15, 0.2) is 36.4 Å². The molecule has 0 saturated carbocycles. The number of hydrogen-bond donors (Lipinski definition) is 2. The third-order valence-electron chi connectivity index (χ3n) is 4.52. The summed E-state index contributed by atoms with van der Waals surface area (Å²) in [7, 11) is 0. The van der Waals surface area contributed by atoms with Crippen LogP contribution in [0.25, 0.3) is 17.0 Å². The summed E-state index contributed by atoms with van der Waals surface area (Å²) >= 11 is 1.21. The second-order valence-corrected chi connectivity index (χ2v) is 7.21. The molecular weight excluding hydrogens is 373 g/mol. The summed E-state index contributed by atoms with van der Waals surface area (Å²) in [6, 6.07) is 3.21. The van der Waals surface area contributed by atoms with Crippen molar-refractivity contribution < 1.29 is 13.2 Å². The van der Waals surface area contributed by atoms with Crippen LogP contribution in [0, 0.1) is 17.5 Å². The molecule has 27 heavy (non-hydrogen) atoms. The van der Waals surface area contributed by atoms with Crippen molar-refractivity contribution >= 4 is 27.9 Å². The van der Waals surface area contributed by atoms with Crippen LogP contribution in [0.1, 0.15) is 18.5 Å². The highest BCUT2D eigenvalue weighted by molar-refractivity contribution is 7.14. The highest BCUT2D eigenvalue weighted by Crippen LogP contribution is 2.31. The topological polar surface area (TPSA) is 44.0 Å². The van der Waals surface area contributed by atoms with Crippen molar-refractivity contribution in [3.63, 3.8) is 0 Å². The van der Waals surface area contributed by atoms with Gasteiger partial charge in [0.25, 0.3) is 0 Å². The molecule has 2 aromatic heterocycles. The van der Waals surface area contributed by atoms with Crippen LogP contribution in [-0.4, -0.2) is 28.0 Å². The number of aromatic nitrogens is 2. The number of anilines is 2. The maximum absolute atomic E-state index is 13.8. The Labute approximate surface area is 158 Å². The average Bonchev–Trinajstić information content (AvgIpc) is 3.38. The van der Waals surface area contributed by atoms with Crippen molar-refractivity contribution in [2.24, 2.45) is 0 Å². The van der Waals surface area contributed by atoms with Gasteiger partial charge in [-0.05, 0) is 18.9 Å². The molecule has 1 aliphatic rings. The Balaban J connectivity index is 1.52. The van der Waals surface area contributed by atoms with Gasteiger partial charge in [0.2, 0.25) is 0 Å². The number of nitrogens with zero attached hydrogens (tertiary/aromatic N) is 2.